The third-order valence-electron chi connectivity index (χ3n) is 2.61. The van der Waals surface area contributed by atoms with Crippen molar-refractivity contribution in [1.82, 2.24) is 5.01 Å². The fourth-order valence-corrected chi connectivity index (χ4v) is 2.64. The van der Waals surface area contributed by atoms with Gasteiger partial charge in [-0.3, -0.25) is 4.99 Å². The highest BCUT2D eigenvalue weighted by Gasteiger charge is 2.46. The van der Waals surface area contributed by atoms with E-state index in [0.717, 1.165) is 15.0 Å². The standard InChI is InChI=1S/C11H6BrF3N4S/c12-7-3-1-6(2-4-7)8-5-16-10-19(17-8)9(18-20-10)11(13,14)15/h1-4H,5H2. The van der Waals surface area contributed by atoms with Crippen LogP contribution in [0.3, 0.4) is 0 Å². The zero-order valence-corrected chi connectivity index (χ0v) is 12.1. The second-order valence-corrected chi connectivity index (χ2v) is 5.61. The Morgan fingerprint density at radius 2 is 1.90 bits per heavy atom. The summed E-state index contributed by atoms with van der Waals surface area (Å²) in [6, 6.07) is 7.15. The number of alkyl halides is 3. The van der Waals surface area contributed by atoms with Gasteiger partial charge >= 0.3 is 6.18 Å². The summed E-state index contributed by atoms with van der Waals surface area (Å²) in [5.74, 6) is -1.05. The van der Waals surface area contributed by atoms with Gasteiger partial charge in [0.1, 0.15) is 0 Å². The fourth-order valence-electron chi connectivity index (χ4n) is 1.70. The normalized spacial score (nSPS) is 18.4. The smallest absolute Gasteiger partial charge is 0.253 e. The lowest BCUT2D eigenvalue weighted by Crippen LogP contribution is -2.40. The van der Waals surface area contributed by atoms with E-state index in [2.05, 4.69) is 30.4 Å². The molecule has 0 saturated heterocycles. The van der Waals surface area contributed by atoms with E-state index in [4.69, 9.17) is 0 Å². The minimum atomic E-state index is -4.55. The summed E-state index contributed by atoms with van der Waals surface area (Å²) in [6.07, 6.45) is -4.55. The number of benzene rings is 1. The highest BCUT2D eigenvalue weighted by Crippen LogP contribution is 2.32. The molecule has 0 unspecified atom stereocenters. The molecule has 0 saturated carbocycles. The predicted molar refractivity (Wildman–Crippen MR) is 75.9 cm³/mol. The van der Waals surface area contributed by atoms with E-state index in [1.807, 2.05) is 0 Å². The van der Waals surface area contributed by atoms with Gasteiger partial charge in [0, 0.05) is 4.47 Å². The molecule has 0 amide bonds. The van der Waals surface area contributed by atoms with Crippen LogP contribution in [0.15, 0.2) is 43.2 Å². The van der Waals surface area contributed by atoms with Gasteiger partial charge in [-0.25, -0.2) is 0 Å². The van der Waals surface area contributed by atoms with Crippen LogP contribution in [0.25, 0.3) is 0 Å². The van der Waals surface area contributed by atoms with Gasteiger partial charge in [-0.2, -0.15) is 27.7 Å². The van der Waals surface area contributed by atoms with Gasteiger partial charge in [0.2, 0.25) is 11.0 Å². The minimum Gasteiger partial charge on any atom is -0.253 e. The molecule has 0 aromatic heterocycles. The molecule has 104 valence electrons. The number of amidine groups is 2. The topological polar surface area (TPSA) is 40.3 Å². The molecule has 0 aliphatic carbocycles. The lowest BCUT2D eigenvalue weighted by molar-refractivity contribution is -0.0654. The average molecular weight is 363 g/mol. The summed E-state index contributed by atoms with van der Waals surface area (Å²) in [5.41, 5.74) is 1.20. The third kappa shape index (κ3) is 2.47. The predicted octanol–water partition coefficient (Wildman–Crippen LogP) is 3.45. The summed E-state index contributed by atoms with van der Waals surface area (Å²) in [4.78, 5) is 4.08. The van der Waals surface area contributed by atoms with Crippen LogP contribution in [0.4, 0.5) is 13.2 Å². The summed E-state index contributed by atoms with van der Waals surface area (Å²) < 4.78 is 42.7. The molecule has 0 atom stereocenters. The van der Waals surface area contributed by atoms with E-state index < -0.39 is 12.0 Å². The molecule has 2 heterocycles. The lowest BCUT2D eigenvalue weighted by Gasteiger charge is -2.21. The second kappa shape index (κ2) is 4.88. The Labute approximate surface area is 124 Å². The van der Waals surface area contributed by atoms with E-state index in [0.29, 0.717) is 17.7 Å². The molecule has 20 heavy (non-hydrogen) atoms. The summed E-state index contributed by atoms with van der Waals surface area (Å²) in [7, 11) is 0. The summed E-state index contributed by atoms with van der Waals surface area (Å²) in [5, 5.41) is 4.93. The Bertz CT molecular complexity index is 636. The van der Waals surface area contributed by atoms with Crippen molar-refractivity contribution in [2.24, 2.45) is 14.5 Å². The summed E-state index contributed by atoms with van der Waals surface area (Å²) in [6.45, 7) is 0.237. The van der Waals surface area contributed by atoms with Gasteiger partial charge in [-0.05, 0) is 17.7 Å². The molecule has 1 aromatic rings. The monoisotopic (exact) mass is 362 g/mol. The number of fused-ring (bicyclic) bond motifs is 1. The molecule has 4 nitrogen and oxygen atoms in total. The van der Waals surface area contributed by atoms with Crippen molar-refractivity contribution in [3.8, 4) is 0 Å². The number of nitrogens with zero attached hydrogens (tertiary/aromatic N) is 4. The van der Waals surface area contributed by atoms with Crippen LogP contribution >= 0.6 is 27.9 Å². The van der Waals surface area contributed by atoms with E-state index in [1.165, 1.54) is 0 Å². The van der Waals surface area contributed by atoms with Gasteiger partial charge in [-0.15, -0.1) is 0 Å². The van der Waals surface area contributed by atoms with Gasteiger partial charge < -0.3 is 0 Å². The molecule has 0 spiro atoms. The zero-order chi connectivity index (χ0) is 14.3. The van der Waals surface area contributed by atoms with Crippen LogP contribution in [0.2, 0.25) is 0 Å². The van der Waals surface area contributed by atoms with Crippen molar-refractivity contribution in [3.05, 3.63) is 34.3 Å². The number of hydrazone groups is 1. The molecule has 0 fully saturated rings. The van der Waals surface area contributed by atoms with Crippen LogP contribution in [0.1, 0.15) is 5.56 Å². The van der Waals surface area contributed by atoms with Crippen LogP contribution in [-0.2, 0) is 0 Å². The Kier molecular flexibility index (Phi) is 3.33. The number of aliphatic imine (C=N–C) groups is 1. The molecule has 9 heteroatoms. The van der Waals surface area contributed by atoms with Crippen LogP contribution in [-0.4, -0.2) is 34.4 Å². The molecule has 0 bridgehead atoms. The van der Waals surface area contributed by atoms with E-state index in [1.54, 1.807) is 24.3 Å². The van der Waals surface area contributed by atoms with E-state index >= 15 is 0 Å². The van der Waals surface area contributed by atoms with E-state index in [9.17, 15) is 13.2 Å². The average Bonchev–Trinajstić information content (AvgIpc) is 2.82. The van der Waals surface area contributed by atoms with Crippen molar-refractivity contribution in [2.45, 2.75) is 6.18 Å². The lowest BCUT2D eigenvalue weighted by atomic mass is 10.1. The quantitative estimate of drug-likeness (QED) is 0.718. The molecule has 0 radical (unpaired) electrons. The molecular formula is C11H6BrF3N4S. The van der Waals surface area contributed by atoms with Gasteiger partial charge in [0.15, 0.2) is 0 Å². The first kappa shape index (κ1) is 13.6. The maximum atomic E-state index is 12.8. The van der Waals surface area contributed by atoms with Crippen molar-refractivity contribution in [3.63, 3.8) is 0 Å². The van der Waals surface area contributed by atoms with E-state index in [-0.39, 0.29) is 11.7 Å². The van der Waals surface area contributed by atoms with Crippen molar-refractivity contribution in [2.75, 3.05) is 6.54 Å². The molecule has 2 aliphatic rings. The van der Waals surface area contributed by atoms with Gasteiger partial charge in [0.05, 0.1) is 24.2 Å². The Morgan fingerprint density at radius 3 is 2.55 bits per heavy atom. The number of rotatable bonds is 1. The van der Waals surface area contributed by atoms with Crippen LogP contribution < -0.4 is 0 Å². The number of hydrogen-bond donors (Lipinski definition) is 0. The first-order chi connectivity index (χ1) is 9.45. The molecular weight excluding hydrogens is 357 g/mol. The van der Waals surface area contributed by atoms with Crippen molar-refractivity contribution < 1.29 is 13.2 Å². The largest absolute Gasteiger partial charge is 0.452 e. The second-order valence-electron chi connectivity index (χ2n) is 3.97. The van der Waals surface area contributed by atoms with Crippen molar-refractivity contribution >= 4 is 44.6 Å². The van der Waals surface area contributed by atoms with Gasteiger partial charge in [-0.1, -0.05) is 28.1 Å². The molecule has 3 rings (SSSR count). The SMILES string of the molecule is FC(F)(F)C1=NSC2=NCC(c3ccc(Br)cc3)=NN21. The van der Waals surface area contributed by atoms with Crippen molar-refractivity contribution in [1.29, 1.82) is 0 Å². The highest BCUT2D eigenvalue weighted by molar-refractivity contribution is 9.10. The van der Waals surface area contributed by atoms with Crippen LogP contribution in [0, 0.1) is 0 Å². The zero-order valence-electron chi connectivity index (χ0n) is 9.73. The first-order valence-electron chi connectivity index (χ1n) is 5.45. The maximum absolute atomic E-state index is 12.8. The molecule has 1 aromatic carbocycles. The number of hydrogen-bond acceptors (Lipinski definition) is 5. The van der Waals surface area contributed by atoms with Gasteiger partial charge in [0.25, 0.3) is 0 Å². The van der Waals surface area contributed by atoms with Crippen LogP contribution in [0.5, 0.6) is 0 Å². The third-order valence-corrected chi connectivity index (χ3v) is 3.87. The molecule has 2 aliphatic heterocycles. The summed E-state index contributed by atoms with van der Waals surface area (Å²) >= 11 is 3.99. The number of halogens is 4. The Balaban J connectivity index is 1.93. The minimum absolute atomic E-state index is 0.151. The maximum Gasteiger partial charge on any atom is 0.452 e. The molecule has 0 N–H and O–H groups in total. The fraction of sp³-hybridized carbons (Fsp3) is 0.182. The Morgan fingerprint density at radius 1 is 1.20 bits per heavy atom. The highest BCUT2D eigenvalue weighted by atomic mass is 79.9. The first-order valence-corrected chi connectivity index (χ1v) is 7.02. The Hall–Kier alpha value is -1.35.